The number of halogens is 2. The fourth-order valence-electron chi connectivity index (χ4n) is 1.65. The Balaban J connectivity index is 2.96. The summed E-state index contributed by atoms with van der Waals surface area (Å²) >= 11 is 1.92. The van der Waals surface area contributed by atoms with E-state index in [4.69, 9.17) is 10.8 Å². The van der Waals surface area contributed by atoms with E-state index in [1.165, 1.54) is 6.07 Å². The predicted octanol–water partition coefficient (Wildman–Crippen LogP) is 2.61. The number of aliphatic hydroxyl groups is 1. The van der Waals surface area contributed by atoms with Gasteiger partial charge in [0.05, 0.1) is 21.6 Å². The van der Waals surface area contributed by atoms with Crippen LogP contribution in [0, 0.1) is 9.39 Å². The van der Waals surface area contributed by atoms with Crippen molar-refractivity contribution in [1.82, 2.24) is 0 Å². The maximum atomic E-state index is 13.5. The highest BCUT2D eigenvalue weighted by Gasteiger charge is 2.12. The van der Waals surface area contributed by atoms with Crippen LogP contribution in [0.5, 0.6) is 0 Å². The van der Waals surface area contributed by atoms with Crippen LogP contribution in [0.25, 0.3) is 0 Å². The minimum Gasteiger partial charge on any atom is -0.397 e. The van der Waals surface area contributed by atoms with Gasteiger partial charge in [0, 0.05) is 19.2 Å². The van der Waals surface area contributed by atoms with E-state index in [9.17, 15) is 4.39 Å². The van der Waals surface area contributed by atoms with E-state index >= 15 is 0 Å². The Morgan fingerprint density at radius 3 is 2.71 bits per heavy atom. The van der Waals surface area contributed by atoms with Crippen molar-refractivity contribution in [3.8, 4) is 0 Å². The molecule has 0 spiro atoms. The van der Waals surface area contributed by atoms with Crippen molar-refractivity contribution in [3.05, 3.63) is 21.5 Å². The highest BCUT2D eigenvalue weighted by Crippen LogP contribution is 2.27. The average Bonchev–Trinajstić information content (AvgIpc) is 2.29. The molecule has 0 fully saturated rings. The van der Waals surface area contributed by atoms with Crippen molar-refractivity contribution in [2.75, 3.05) is 30.3 Å². The van der Waals surface area contributed by atoms with Gasteiger partial charge in [-0.05, 0) is 35.1 Å². The fourth-order valence-corrected chi connectivity index (χ4v) is 2.14. The molecule has 0 saturated heterocycles. The molecule has 1 aromatic rings. The van der Waals surface area contributed by atoms with E-state index in [1.807, 2.05) is 27.5 Å². The molecule has 0 amide bonds. The zero-order valence-corrected chi connectivity index (χ0v) is 12.1. The van der Waals surface area contributed by atoms with Crippen molar-refractivity contribution in [2.24, 2.45) is 0 Å². The summed E-state index contributed by atoms with van der Waals surface area (Å²) in [5.74, 6) is -0.269. The first-order chi connectivity index (χ1) is 8.10. The monoisotopic (exact) mass is 352 g/mol. The maximum Gasteiger partial charge on any atom is 0.138 e. The molecule has 1 aromatic carbocycles. The summed E-state index contributed by atoms with van der Waals surface area (Å²) in [7, 11) is 0. The molecule has 0 bridgehead atoms. The maximum absolute atomic E-state index is 13.5. The molecule has 0 aliphatic rings. The number of rotatable bonds is 6. The van der Waals surface area contributed by atoms with Gasteiger partial charge in [-0.3, -0.25) is 0 Å². The van der Waals surface area contributed by atoms with E-state index in [1.54, 1.807) is 6.07 Å². The van der Waals surface area contributed by atoms with Crippen molar-refractivity contribution in [3.63, 3.8) is 0 Å². The van der Waals surface area contributed by atoms with E-state index < -0.39 is 0 Å². The number of nitrogens with two attached hydrogens (primary N) is 1. The molecule has 96 valence electrons. The first-order valence-corrected chi connectivity index (χ1v) is 6.78. The summed E-state index contributed by atoms with van der Waals surface area (Å²) in [6, 6.07) is 3.07. The molecule has 0 atom stereocenters. The lowest BCUT2D eigenvalue weighted by Gasteiger charge is -2.25. The molecular formula is C12H18FIN2O. The molecule has 0 heterocycles. The first kappa shape index (κ1) is 14.5. The van der Waals surface area contributed by atoms with Crippen molar-refractivity contribution >= 4 is 34.0 Å². The van der Waals surface area contributed by atoms with Crippen molar-refractivity contribution in [1.29, 1.82) is 0 Å². The number of benzene rings is 1. The third kappa shape index (κ3) is 3.99. The zero-order valence-electron chi connectivity index (χ0n) is 9.92. The third-order valence-corrected chi connectivity index (χ3v) is 3.39. The molecule has 0 aromatic heterocycles. The number of hydrogen-bond donors (Lipinski definition) is 2. The summed E-state index contributed by atoms with van der Waals surface area (Å²) in [6.45, 7) is 3.39. The lowest BCUT2D eigenvalue weighted by atomic mass is 10.2. The van der Waals surface area contributed by atoms with Crippen LogP contribution >= 0.6 is 22.6 Å². The van der Waals surface area contributed by atoms with Gasteiger partial charge >= 0.3 is 0 Å². The van der Waals surface area contributed by atoms with Crippen LogP contribution in [-0.4, -0.2) is 24.8 Å². The van der Waals surface area contributed by atoms with Gasteiger partial charge in [-0.25, -0.2) is 4.39 Å². The second kappa shape index (κ2) is 7.00. The molecule has 3 nitrogen and oxygen atoms in total. The normalized spacial score (nSPS) is 10.6. The van der Waals surface area contributed by atoms with Crippen LogP contribution in [0.3, 0.4) is 0 Å². The van der Waals surface area contributed by atoms with Crippen LogP contribution in [0.4, 0.5) is 15.8 Å². The van der Waals surface area contributed by atoms with E-state index in [0.717, 1.165) is 19.4 Å². The van der Waals surface area contributed by atoms with Gasteiger partial charge in [0.25, 0.3) is 0 Å². The van der Waals surface area contributed by atoms with Crippen LogP contribution in [0.1, 0.15) is 19.8 Å². The number of aliphatic hydroxyl groups excluding tert-OH is 1. The second-order valence-corrected chi connectivity index (χ2v) is 5.05. The summed E-state index contributed by atoms with van der Waals surface area (Å²) < 4.78 is 14.0. The van der Waals surface area contributed by atoms with Gasteiger partial charge in [0.2, 0.25) is 0 Å². The molecule has 1 rings (SSSR count). The summed E-state index contributed by atoms with van der Waals surface area (Å²) in [5.41, 5.74) is 7.13. The van der Waals surface area contributed by atoms with Gasteiger partial charge in [0.15, 0.2) is 0 Å². The molecule has 0 aliphatic heterocycles. The van der Waals surface area contributed by atoms with Crippen LogP contribution in [0.2, 0.25) is 0 Å². The van der Waals surface area contributed by atoms with E-state index in [0.29, 0.717) is 21.5 Å². The van der Waals surface area contributed by atoms with Gasteiger partial charge in [-0.2, -0.15) is 0 Å². The lowest BCUT2D eigenvalue weighted by molar-refractivity contribution is 0.301. The number of nitrogens with zero attached hydrogens (tertiary/aromatic N) is 1. The number of hydrogen-bond acceptors (Lipinski definition) is 3. The van der Waals surface area contributed by atoms with Crippen molar-refractivity contribution in [2.45, 2.75) is 19.8 Å². The number of anilines is 2. The van der Waals surface area contributed by atoms with Gasteiger partial charge < -0.3 is 15.7 Å². The van der Waals surface area contributed by atoms with Crippen molar-refractivity contribution < 1.29 is 9.50 Å². The predicted molar refractivity (Wildman–Crippen MR) is 77.7 cm³/mol. The Morgan fingerprint density at radius 2 is 2.12 bits per heavy atom. The minimum absolute atomic E-state index is 0.0385. The largest absolute Gasteiger partial charge is 0.397 e. The SMILES string of the molecule is CCCCN(CCO)c1cc(F)c(I)cc1N. The fraction of sp³-hybridized carbons (Fsp3) is 0.500. The van der Waals surface area contributed by atoms with Gasteiger partial charge in [-0.15, -0.1) is 0 Å². The Kier molecular flexibility index (Phi) is 5.97. The van der Waals surface area contributed by atoms with Crippen LogP contribution in [0.15, 0.2) is 12.1 Å². The molecule has 0 unspecified atom stereocenters. The quantitative estimate of drug-likeness (QED) is 0.611. The average molecular weight is 352 g/mol. The third-order valence-electron chi connectivity index (χ3n) is 2.56. The smallest absolute Gasteiger partial charge is 0.138 e. The highest BCUT2D eigenvalue weighted by atomic mass is 127. The Labute approximate surface area is 115 Å². The van der Waals surface area contributed by atoms with Gasteiger partial charge in [-0.1, -0.05) is 13.3 Å². The molecule has 0 radical (unpaired) electrons. The number of nitrogen functional groups attached to an aromatic ring is 1. The van der Waals surface area contributed by atoms with E-state index in [-0.39, 0.29) is 12.4 Å². The molecule has 0 aliphatic carbocycles. The lowest BCUT2D eigenvalue weighted by Crippen LogP contribution is -2.28. The Morgan fingerprint density at radius 1 is 1.41 bits per heavy atom. The molecular weight excluding hydrogens is 334 g/mol. The van der Waals surface area contributed by atoms with E-state index in [2.05, 4.69) is 6.92 Å². The zero-order chi connectivity index (χ0) is 12.8. The summed E-state index contributed by atoms with van der Waals surface area (Å²) in [4.78, 5) is 1.93. The number of unbranched alkanes of at least 4 members (excludes halogenated alkanes) is 1. The Bertz CT molecular complexity index is 374. The second-order valence-electron chi connectivity index (χ2n) is 3.89. The highest BCUT2D eigenvalue weighted by molar-refractivity contribution is 14.1. The first-order valence-electron chi connectivity index (χ1n) is 5.70. The molecule has 5 heteroatoms. The molecule has 3 N–H and O–H groups in total. The Hall–Kier alpha value is -0.560. The standard InChI is InChI=1S/C12H18FIN2O/c1-2-3-4-16(5-6-17)12-7-9(13)10(14)8-11(12)15/h7-8,17H,2-6,15H2,1H3. The molecule has 0 saturated carbocycles. The summed E-state index contributed by atoms with van der Waals surface area (Å²) in [5, 5.41) is 9.03. The minimum atomic E-state index is -0.269. The van der Waals surface area contributed by atoms with Gasteiger partial charge in [0.1, 0.15) is 5.82 Å². The van der Waals surface area contributed by atoms with Crippen LogP contribution < -0.4 is 10.6 Å². The summed E-state index contributed by atoms with van der Waals surface area (Å²) in [6.07, 6.45) is 2.04. The molecule has 17 heavy (non-hydrogen) atoms. The topological polar surface area (TPSA) is 49.5 Å². The van der Waals surface area contributed by atoms with Crippen LogP contribution in [-0.2, 0) is 0 Å².